The topological polar surface area (TPSA) is 39.7 Å². The Morgan fingerprint density at radius 3 is 2.57 bits per heavy atom. The first-order chi connectivity index (χ1) is 10.1. The molecule has 0 aliphatic carbocycles. The summed E-state index contributed by atoms with van der Waals surface area (Å²) in [4.78, 5) is 0. The zero-order valence-corrected chi connectivity index (χ0v) is 14.1. The van der Waals surface area contributed by atoms with Gasteiger partial charge in [0.15, 0.2) is 11.5 Å². The van der Waals surface area contributed by atoms with Gasteiger partial charge in [0.05, 0.1) is 25.3 Å². The predicted molar refractivity (Wildman–Crippen MR) is 86.5 cm³/mol. The molecule has 0 aromatic heterocycles. The van der Waals surface area contributed by atoms with Crippen molar-refractivity contribution >= 4 is 11.6 Å². The number of halogens is 1. The van der Waals surface area contributed by atoms with Crippen LogP contribution in [0.3, 0.4) is 0 Å². The minimum Gasteiger partial charge on any atom is -0.493 e. The molecule has 0 atom stereocenters. The molecule has 1 aromatic carbocycles. The van der Waals surface area contributed by atoms with E-state index in [0.29, 0.717) is 42.2 Å². The summed E-state index contributed by atoms with van der Waals surface area (Å²) in [5.41, 5.74) is 1.06. The molecule has 0 saturated carbocycles. The number of methoxy groups -OCH3 is 2. The van der Waals surface area contributed by atoms with Gasteiger partial charge in [0.1, 0.15) is 0 Å². The first-order valence-corrected chi connectivity index (χ1v) is 7.65. The lowest BCUT2D eigenvalue weighted by Gasteiger charge is -2.15. The summed E-state index contributed by atoms with van der Waals surface area (Å²) in [7, 11) is 3.31. The normalized spacial score (nSPS) is 11.0. The molecule has 0 saturated heterocycles. The van der Waals surface area contributed by atoms with Crippen LogP contribution in [0, 0.1) is 5.92 Å². The monoisotopic (exact) mass is 315 g/mol. The molecule has 120 valence electrons. The number of benzene rings is 1. The molecular formula is C16H26ClNO3. The Morgan fingerprint density at radius 1 is 1.19 bits per heavy atom. The van der Waals surface area contributed by atoms with Crippen LogP contribution in [-0.2, 0) is 11.3 Å². The number of hydrogen-bond donors (Lipinski definition) is 1. The van der Waals surface area contributed by atoms with E-state index in [1.807, 2.05) is 12.1 Å². The quantitative estimate of drug-likeness (QED) is 0.671. The molecule has 0 radical (unpaired) electrons. The molecule has 0 aliphatic rings. The van der Waals surface area contributed by atoms with Crippen molar-refractivity contribution in [2.45, 2.75) is 26.8 Å². The van der Waals surface area contributed by atoms with Gasteiger partial charge in [-0.3, -0.25) is 0 Å². The van der Waals surface area contributed by atoms with E-state index in [9.17, 15) is 0 Å². The van der Waals surface area contributed by atoms with E-state index in [4.69, 9.17) is 25.8 Å². The molecule has 0 bridgehead atoms. The lowest BCUT2D eigenvalue weighted by Crippen LogP contribution is -2.18. The molecular weight excluding hydrogens is 290 g/mol. The molecule has 0 heterocycles. The van der Waals surface area contributed by atoms with E-state index in [-0.39, 0.29) is 0 Å². The van der Waals surface area contributed by atoms with Crippen molar-refractivity contribution in [3.63, 3.8) is 0 Å². The second-order valence-electron chi connectivity index (χ2n) is 5.31. The number of hydrogen-bond acceptors (Lipinski definition) is 4. The first kappa shape index (κ1) is 18.1. The fraction of sp³-hybridized carbons (Fsp3) is 0.625. The third kappa shape index (κ3) is 6.55. The molecule has 4 nitrogen and oxygen atoms in total. The second-order valence-corrected chi connectivity index (χ2v) is 5.72. The molecule has 0 aliphatic heterocycles. The van der Waals surface area contributed by atoms with Crippen LogP contribution < -0.4 is 14.8 Å². The Bertz CT molecular complexity index is 424. The van der Waals surface area contributed by atoms with E-state index in [0.717, 1.165) is 18.5 Å². The highest BCUT2D eigenvalue weighted by Crippen LogP contribution is 2.36. The highest BCUT2D eigenvalue weighted by molar-refractivity contribution is 6.32. The van der Waals surface area contributed by atoms with Gasteiger partial charge in [0, 0.05) is 20.2 Å². The zero-order chi connectivity index (χ0) is 15.7. The Morgan fingerprint density at radius 2 is 1.95 bits per heavy atom. The van der Waals surface area contributed by atoms with Crippen LogP contribution in [-0.4, -0.2) is 34.0 Å². The average Bonchev–Trinajstić information content (AvgIpc) is 2.45. The van der Waals surface area contributed by atoms with Crippen molar-refractivity contribution in [1.82, 2.24) is 5.32 Å². The Balaban J connectivity index is 2.67. The second kappa shape index (κ2) is 9.87. The van der Waals surface area contributed by atoms with Gasteiger partial charge in [0.25, 0.3) is 0 Å². The van der Waals surface area contributed by atoms with Gasteiger partial charge in [-0.05, 0) is 30.0 Å². The minimum atomic E-state index is 0.585. The molecule has 1 aromatic rings. The van der Waals surface area contributed by atoms with Crippen LogP contribution in [0.4, 0.5) is 0 Å². The summed E-state index contributed by atoms with van der Waals surface area (Å²) >= 11 is 6.31. The molecule has 1 rings (SSSR count). The summed E-state index contributed by atoms with van der Waals surface area (Å²) in [5, 5.41) is 3.86. The van der Waals surface area contributed by atoms with Crippen molar-refractivity contribution in [3.8, 4) is 11.5 Å². The van der Waals surface area contributed by atoms with E-state index in [2.05, 4.69) is 19.2 Å². The maximum absolute atomic E-state index is 6.31. The van der Waals surface area contributed by atoms with Crippen LogP contribution in [0.15, 0.2) is 12.1 Å². The number of ether oxygens (including phenoxy) is 3. The number of rotatable bonds is 10. The SMILES string of the molecule is COCCNCc1cc(Cl)c(OCCC(C)C)c(OC)c1. The standard InChI is InChI=1S/C16H26ClNO3/c1-12(2)5-7-21-16-14(17)9-13(10-15(16)20-4)11-18-6-8-19-3/h9-10,12,18H,5-8,11H2,1-4H3. The van der Waals surface area contributed by atoms with E-state index in [1.165, 1.54) is 0 Å². The van der Waals surface area contributed by atoms with Gasteiger partial charge in [-0.1, -0.05) is 25.4 Å². The first-order valence-electron chi connectivity index (χ1n) is 7.27. The van der Waals surface area contributed by atoms with Crippen molar-refractivity contribution in [3.05, 3.63) is 22.7 Å². The Labute approximate surface area is 132 Å². The molecule has 5 heteroatoms. The molecule has 0 unspecified atom stereocenters. The highest BCUT2D eigenvalue weighted by atomic mass is 35.5. The third-order valence-corrected chi connectivity index (χ3v) is 3.32. The summed E-state index contributed by atoms with van der Waals surface area (Å²) in [6.07, 6.45) is 0.986. The van der Waals surface area contributed by atoms with Gasteiger partial charge >= 0.3 is 0 Å². The zero-order valence-electron chi connectivity index (χ0n) is 13.4. The van der Waals surface area contributed by atoms with Gasteiger partial charge in [-0.2, -0.15) is 0 Å². The van der Waals surface area contributed by atoms with Gasteiger partial charge < -0.3 is 19.5 Å². The van der Waals surface area contributed by atoms with Crippen molar-refractivity contribution < 1.29 is 14.2 Å². The summed E-state index contributed by atoms with van der Waals surface area (Å²) in [6, 6.07) is 3.87. The lowest BCUT2D eigenvalue weighted by atomic mass is 10.1. The van der Waals surface area contributed by atoms with Gasteiger partial charge in [-0.25, -0.2) is 0 Å². The van der Waals surface area contributed by atoms with Gasteiger partial charge in [-0.15, -0.1) is 0 Å². The highest BCUT2D eigenvalue weighted by Gasteiger charge is 2.12. The van der Waals surface area contributed by atoms with E-state index < -0.39 is 0 Å². The van der Waals surface area contributed by atoms with Crippen molar-refractivity contribution in [1.29, 1.82) is 0 Å². The molecule has 21 heavy (non-hydrogen) atoms. The number of nitrogens with one attached hydrogen (secondary N) is 1. The van der Waals surface area contributed by atoms with Crippen molar-refractivity contribution in [2.75, 3.05) is 34.0 Å². The maximum atomic E-state index is 6.31. The minimum absolute atomic E-state index is 0.585. The van der Waals surface area contributed by atoms with Crippen LogP contribution >= 0.6 is 11.6 Å². The van der Waals surface area contributed by atoms with Crippen LogP contribution in [0.1, 0.15) is 25.8 Å². The fourth-order valence-electron chi connectivity index (χ4n) is 1.82. The Hall–Kier alpha value is -0.970. The van der Waals surface area contributed by atoms with Crippen LogP contribution in [0.25, 0.3) is 0 Å². The van der Waals surface area contributed by atoms with E-state index in [1.54, 1.807) is 14.2 Å². The van der Waals surface area contributed by atoms with Crippen LogP contribution in [0.2, 0.25) is 5.02 Å². The Kier molecular flexibility index (Phi) is 8.50. The third-order valence-electron chi connectivity index (χ3n) is 3.04. The van der Waals surface area contributed by atoms with Gasteiger partial charge in [0.2, 0.25) is 0 Å². The molecule has 0 spiro atoms. The summed E-state index contributed by atoms with van der Waals surface area (Å²) in [5.74, 6) is 1.90. The predicted octanol–water partition coefficient (Wildman–Crippen LogP) is 3.51. The van der Waals surface area contributed by atoms with Crippen LogP contribution in [0.5, 0.6) is 11.5 Å². The summed E-state index contributed by atoms with van der Waals surface area (Å²) in [6.45, 7) is 7.16. The maximum Gasteiger partial charge on any atom is 0.179 e. The molecule has 0 fully saturated rings. The lowest BCUT2D eigenvalue weighted by molar-refractivity contribution is 0.199. The average molecular weight is 316 g/mol. The van der Waals surface area contributed by atoms with E-state index >= 15 is 0 Å². The molecule has 1 N–H and O–H groups in total. The molecule has 0 amide bonds. The largest absolute Gasteiger partial charge is 0.493 e. The fourth-order valence-corrected chi connectivity index (χ4v) is 2.11. The smallest absolute Gasteiger partial charge is 0.179 e. The summed E-state index contributed by atoms with van der Waals surface area (Å²) < 4.78 is 16.2. The van der Waals surface area contributed by atoms with Crippen molar-refractivity contribution in [2.24, 2.45) is 5.92 Å².